The highest BCUT2D eigenvalue weighted by Crippen LogP contribution is 2.28. The minimum Gasteiger partial charge on any atom is -0.315 e. The fraction of sp³-hybridized carbons (Fsp3) is 1.00. The monoisotopic (exact) mass is 307 g/mol. The third kappa shape index (κ3) is 4.57. The number of alkyl halides is 3. The third-order valence-electron chi connectivity index (χ3n) is 4.74. The number of hydrogen-bond acceptors (Lipinski definition) is 3. The Labute approximate surface area is 125 Å². The molecule has 124 valence electrons. The van der Waals surface area contributed by atoms with Crippen LogP contribution in [0.3, 0.4) is 0 Å². The fourth-order valence-electron chi connectivity index (χ4n) is 3.64. The zero-order valence-corrected chi connectivity index (χ0v) is 13.1. The maximum atomic E-state index is 13.3. The molecule has 2 saturated heterocycles. The van der Waals surface area contributed by atoms with E-state index in [1.807, 2.05) is 0 Å². The van der Waals surface area contributed by atoms with Crippen molar-refractivity contribution in [2.45, 2.75) is 63.8 Å². The largest absolute Gasteiger partial charge is 0.405 e. The van der Waals surface area contributed by atoms with E-state index in [-0.39, 0.29) is 12.6 Å². The van der Waals surface area contributed by atoms with Crippen molar-refractivity contribution in [1.29, 1.82) is 0 Å². The highest BCUT2D eigenvalue weighted by molar-refractivity contribution is 4.89. The first kappa shape index (κ1) is 17.0. The summed E-state index contributed by atoms with van der Waals surface area (Å²) in [5.41, 5.74) is 0. The van der Waals surface area contributed by atoms with Gasteiger partial charge in [-0.3, -0.25) is 9.80 Å². The SMILES string of the molecule is CC(C)N1CCCCC1CN1CCCNCC1C(F)(F)F. The molecule has 0 aromatic heterocycles. The maximum Gasteiger partial charge on any atom is 0.405 e. The molecule has 0 aromatic carbocycles. The highest BCUT2D eigenvalue weighted by atomic mass is 19.4. The second-order valence-corrected chi connectivity index (χ2v) is 6.59. The molecule has 2 aliphatic heterocycles. The Morgan fingerprint density at radius 1 is 1.14 bits per heavy atom. The average Bonchev–Trinajstić information content (AvgIpc) is 2.64. The second kappa shape index (κ2) is 7.29. The summed E-state index contributed by atoms with van der Waals surface area (Å²) >= 11 is 0. The maximum absolute atomic E-state index is 13.3. The number of piperidine rings is 1. The van der Waals surface area contributed by atoms with Crippen molar-refractivity contribution in [3.8, 4) is 0 Å². The van der Waals surface area contributed by atoms with Crippen LogP contribution >= 0.6 is 0 Å². The van der Waals surface area contributed by atoms with Crippen LogP contribution in [0.2, 0.25) is 0 Å². The van der Waals surface area contributed by atoms with Gasteiger partial charge in [0.25, 0.3) is 0 Å². The van der Waals surface area contributed by atoms with Crippen LogP contribution in [0.25, 0.3) is 0 Å². The minimum atomic E-state index is -4.14. The van der Waals surface area contributed by atoms with E-state index >= 15 is 0 Å². The number of likely N-dealkylation sites (tertiary alicyclic amines) is 1. The molecule has 2 heterocycles. The first-order valence-electron chi connectivity index (χ1n) is 8.17. The summed E-state index contributed by atoms with van der Waals surface area (Å²) in [5, 5.41) is 2.93. The third-order valence-corrected chi connectivity index (χ3v) is 4.74. The first-order chi connectivity index (χ1) is 9.89. The van der Waals surface area contributed by atoms with Gasteiger partial charge in [0.2, 0.25) is 0 Å². The molecule has 0 spiro atoms. The van der Waals surface area contributed by atoms with Crippen molar-refractivity contribution in [3.63, 3.8) is 0 Å². The Hall–Kier alpha value is -0.330. The molecule has 1 N–H and O–H groups in total. The van der Waals surface area contributed by atoms with Crippen molar-refractivity contribution in [2.24, 2.45) is 0 Å². The Bertz CT molecular complexity index is 320. The molecular formula is C15H28F3N3. The Morgan fingerprint density at radius 3 is 2.57 bits per heavy atom. The van der Waals surface area contributed by atoms with Gasteiger partial charge in [-0.05, 0) is 46.2 Å². The minimum absolute atomic E-state index is 0.0257. The molecule has 0 aliphatic carbocycles. The molecule has 0 aromatic rings. The van der Waals surface area contributed by atoms with E-state index in [9.17, 15) is 13.2 Å². The van der Waals surface area contributed by atoms with Crippen LogP contribution in [0.5, 0.6) is 0 Å². The molecule has 0 bridgehead atoms. The molecule has 2 fully saturated rings. The molecule has 2 aliphatic rings. The highest BCUT2D eigenvalue weighted by Gasteiger charge is 2.44. The smallest absolute Gasteiger partial charge is 0.315 e. The quantitative estimate of drug-likeness (QED) is 0.864. The van der Waals surface area contributed by atoms with Gasteiger partial charge in [0.05, 0.1) is 0 Å². The van der Waals surface area contributed by atoms with E-state index in [0.717, 1.165) is 25.8 Å². The van der Waals surface area contributed by atoms with Crippen molar-refractivity contribution in [2.75, 3.05) is 32.7 Å². The molecule has 2 unspecified atom stereocenters. The van der Waals surface area contributed by atoms with Gasteiger partial charge >= 0.3 is 6.18 Å². The number of hydrogen-bond donors (Lipinski definition) is 1. The van der Waals surface area contributed by atoms with Crippen LogP contribution in [0, 0.1) is 0 Å². The van der Waals surface area contributed by atoms with E-state index < -0.39 is 12.2 Å². The van der Waals surface area contributed by atoms with Gasteiger partial charge in [0, 0.05) is 31.7 Å². The van der Waals surface area contributed by atoms with Gasteiger partial charge in [0.15, 0.2) is 0 Å². The zero-order chi connectivity index (χ0) is 15.5. The summed E-state index contributed by atoms with van der Waals surface area (Å²) in [5.74, 6) is 0. The van der Waals surface area contributed by atoms with Crippen LogP contribution in [0.4, 0.5) is 13.2 Å². The standard InChI is InChI=1S/C15H28F3N3/c1-12(2)21-9-4-3-6-13(21)11-20-8-5-7-19-10-14(20)15(16,17)18/h12-14,19H,3-11H2,1-2H3. The van der Waals surface area contributed by atoms with E-state index in [1.165, 1.54) is 6.42 Å². The molecule has 0 saturated carbocycles. The van der Waals surface area contributed by atoms with Gasteiger partial charge < -0.3 is 5.32 Å². The topological polar surface area (TPSA) is 18.5 Å². The second-order valence-electron chi connectivity index (χ2n) is 6.59. The van der Waals surface area contributed by atoms with Crippen LogP contribution < -0.4 is 5.32 Å². The number of halogens is 3. The number of nitrogens with zero attached hydrogens (tertiary/aromatic N) is 2. The Morgan fingerprint density at radius 2 is 1.90 bits per heavy atom. The normalized spacial score (nSPS) is 30.6. The number of nitrogens with one attached hydrogen (secondary N) is 1. The predicted octanol–water partition coefficient (Wildman–Crippen LogP) is 2.48. The fourth-order valence-corrected chi connectivity index (χ4v) is 3.64. The van der Waals surface area contributed by atoms with Gasteiger partial charge in [-0.1, -0.05) is 6.42 Å². The lowest BCUT2D eigenvalue weighted by Crippen LogP contribution is -2.56. The van der Waals surface area contributed by atoms with Crippen molar-refractivity contribution in [3.05, 3.63) is 0 Å². The summed E-state index contributed by atoms with van der Waals surface area (Å²) in [7, 11) is 0. The number of rotatable bonds is 3. The lowest BCUT2D eigenvalue weighted by Gasteiger charge is -2.42. The van der Waals surface area contributed by atoms with Crippen LogP contribution in [0.1, 0.15) is 39.5 Å². The van der Waals surface area contributed by atoms with Crippen LogP contribution in [-0.4, -0.2) is 66.8 Å². The molecule has 21 heavy (non-hydrogen) atoms. The summed E-state index contributed by atoms with van der Waals surface area (Å²) in [4.78, 5) is 4.06. The Kier molecular flexibility index (Phi) is 5.91. The van der Waals surface area contributed by atoms with Crippen molar-refractivity contribution in [1.82, 2.24) is 15.1 Å². The summed E-state index contributed by atoms with van der Waals surface area (Å²) in [6, 6.07) is -0.664. The zero-order valence-electron chi connectivity index (χ0n) is 13.1. The van der Waals surface area contributed by atoms with Gasteiger partial charge in [-0.2, -0.15) is 13.2 Å². The molecule has 0 radical (unpaired) electrons. The summed E-state index contributed by atoms with van der Waals surface area (Å²) in [6.45, 7) is 7.10. The van der Waals surface area contributed by atoms with E-state index in [0.29, 0.717) is 25.7 Å². The van der Waals surface area contributed by atoms with E-state index in [2.05, 4.69) is 24.1 Å². The molecule has 6 heteroatoms. The van der Waals surface area contributed by atoms with Crippen LogP contribution in [-0.2, 0) is 0 Å². The lowest BCUT2D eigenvalue weighted by molar-refractivity contribution is -0.183. The molecule has 2 atom stereocenters. The molecule has 0 amide bonds. The van der Waals surface area contributed by atoms with E-state index in [4.69, 9.17) is 0 Å². The van der Waals surface area contributed by atoms with E-state index in [1.54, 1.807) is 4.90 Å². The summed E-state index contributed by atoms with van der Waals surface area (Å²) < 4.78 is 39.9. The molecule has 3 nitrogen and oxygen atoms in total. The van der Waals surface area contributed by atoms with Gasteiger partial charge in [0.1, 0.15) is 6.04 Å². The lowest BCUT2D eigenvalue weighted by atomic mass is 9.99. The van der Waals surface area contributed by atoms with Gasteiger partial charge in [-0.15, -0.1) is 0 Å². The van der Waals surface area contributed by atoms with Gasteiger partial charge in [-0.25, -0.2) is 0 Å². The van der Waals surface area contributed by atoms with Crippen LogP contribution in [0.15, 0.2) is 0 Å². The summed E-state index contributed by atoms with van der Waals surface area (Å²) in [6.07, 6.45) is -0.0298. The Balaban J connectivity index is 2.06. The van der Waals surface area contributed by atoms with Crippen molar-refractivity contribution >= 4 is 0 Å². The average molecular weight is 307 g/mol. The molecular weight excluding hydrogens is 279 g/mol. The first-order valence-corrected chi connectivity index (χ1v) is 8.17. The molecule has 2 rings (SSSR count). The van der Waals surface area contributed by atoms with Crippen molar-refractivity contribution < 1.29 is 13.2 Å². The predicted molar refractivity (Wildman–Crippen MR) is 78.4 cm³/mol.